The number of fused-ring (bicyclic) bond motifs is 1. The molecular weight excluding hydrogens is 485 g/mol. The van der Waals surface area contributed by atoms with Gasteiger partial charge in [-0.3, -0.25) is 14.5 Å². The number of nitrogens with one attached hydrogen (secondary N) is 3. The van der Waals surface area contributed by atoms with Crippen molar-refractivity contribution >= 4 is 32.5 Å². The highest BCUT2D eigenvalue weighted by molar-refractivity contribution is 7.92. The van der Waals surface area contributed by atoms with Gasteiger partial charge in [0.15, 0.2) is 0 Å². The maximum Gasteiger partial charge on any atom is 0.416 e. The number of aromatic nitrogens is 2. The third kappa shape index (κ3) is 5.38. The van der Waals surface area contributed by atoms with Crippen LogP contribution in [0.2, 0.25) is 0 Å². The molecule has 0 fully saturated rings. The van der Waals surface area contributed by atoms with Gasteiger partial charge in [0, 0.05) is 29.8 Å². The number of rotatable bonds is 7. The summed E-state index contributed by atoms with van der Waals surface area (Å²) in [4.78, 5) is 19.2. The van der Waals surface area contributed by atoms with E-state index in [1.165, 1.54) is 31.4 Å². The third-order valence-corrected chi connectivity index (χ3v) is 6.50. The van der Waals surface area contributed by atoms with Gasteiger partial charge in [-0.05, 0) is 48.0 Å². The topological polar surface area (TPSA) is 113 Å². The van der Waals surface area contributed by atoms with E-state index in [-0.39, 0.29) is 28.8 Å². The molecule has 2 heterocycles. The molecule has 35 heavy (non-hydrogen) atoms. The molecule has 0 aliphatic heterocycles. The molecule has 3 N–H and O–H groups in total. The van der Waals surface area contributed by atoms with E-state index in [0.29, 0.717) is 17.3 Å². The Morgan fingerprint density at radius 1 is 1.09 bits per heavy atom. The summed E-state index contributed by atoms with van der Waals surface area (Å²) in [5, 5.41) is 3.52. The number of H-pyrrole nitrogens is 1. The summed E-state index contributed by atoms with van der Waals surface area (Å²) >= 11 is 0. The number of hydrogen-bond acceptors (Lipinski definition) is 5. The number of halogens is 3. The van der Waals surface area contributed by atoms with Crippen LogP contribution >= 0.6 is 0 Å². The molecule has 2 aromatic heterocycles. The van der Waals surface area contributed by atoms with Gasteiger partial charge in [-0.2, -0.15) is 13.2 Å². The minimum absolute atomic E-state index is 0.0614. The van der Waals surface area contributed by atoms with Crippen LogP contribution in [-0.4, -0.2) is 31.4 Å². The van der Waals surface area contributed by atoms with Crippen LogP contribution in [-0.2, 0) is 22.7 Å². The quantitative estimate of drug-likeness (QED) is 0.347. The van der Waals surface area contributed by atoms with E-state index in [4.69, 9.17) is 4.74 Å². The van der Waals surface area contributed by atoms with Crippen molar-refractivity contribution in [3.8, 4) is 5.75 Å². The maximum absolute atomic E-state index is 13.0. The smallest absolute Gasteiger partial charge is 0.416 e. The lowest BCUT2D eigenvalue weighted by Crippen LogP contribution is -2.23. The number of alkyl halides is 3. The number of amides is 1. The number of sulfonamides is 1. The van der Waals surface area contributed by atoms with Crippen molar-refractivity contribution < 1.29 is 31.1 Å². The molecule has 12 heteroatoms. The normalized spacial score (nSPS) is 11.9. The fourth-order valence-corrected chi connectivity index (χ4v) is 4.39. The number of nitrogens with zero attached hydrogens (tertiary/aromatic N) is 1. The zero-order valence-electron chi connectivity index (χ0n) is 18.2. The number of ether oxygens (including phenoxy) is 1. The summed E-state index contributed by atoms with van der Waals surface area (Å²) < 4.78 is 71.8. The summed E-state index contributed by atoms with van der Waals surface area (Å²) in [7, 11) is -2.99. The average Bonchev–Trinajstić information content (AvgIpc) is 3.26. The minimum Gasteiger partial charge on any atom is -0.495 e. The Kier molecular flexibility index (Phi) is 6.39. The van der Waals surface area contributed by atoms with Gasteiger partial charge in [-0.1, -0.05) is 12.1 Å². The van der Waals surface area contributed by atoms with Crippen LogP contribution in [0.3, 0.4) is 0 Å². The second kappa shape index (κ2) is 9.29. The SMILES string of the molecule is COc1ccc(C(F)(F)F)cc1NS(=O)(=O)c1ccc(CNC(=O)c2cc3cnccc3[nH]2)cc1. The lowest BCUT2D eigenvalue weighted by Gasteiger charge is -2.15. The highest BCUT2D eigenvalue weighted by Crippen LogP contribution is 2.35. The summed E-state index contributed by atoms with van der Waals surface area (Å²) in [6.45, 7) is 0.127. The van der Waals surface area contributed by atoms with Gasteiger partial charge in [0.05, 0.1) is 23.3 Å². The average molecular weight is 504 g/mol. The van der Waals surface area contributed by atoms with Crippen molar-refractivity contribution in [2.45, 2.75) is 17.6 Å². The third-order valence-electron chi connectivity index (χ3n) is 5.12. The maximum atomic E-state index is 13.0. The predicted octanol–water partition coefficient (Wildman–Crippen LogP) is 4.32. The predicted molar refractivity (Wildman–Crippen MR) is 123 cm³/mol. The molecule has 0 radical (unpaired) electrons. The van der Waals surface area contributed by atoms with Crippen molar-refractivity contribution in [2.75, 3.05) is 11.8 Å². The number of carbonyl (C=O) groups excluding carboxylic acids is 1. The van der Waals surface area contributed by atoms with Crippen LogP contribution in [0.1, 0.15) is 21.6 Å². The van der Waals surface area contributed by atoms with Gasteiger partial charge in [0.2, 0.25) is 0 Å². The number of aromatic amines is 1. The second-order valence-corrected chi connectivity index (χ2v) is 9.17. The summed E-state index contributed by atoms with van der Waals surface area (Å²) in [6, 6.07) is 11.5. The highest BCUT2D eigenvalue weighted by atomic mass is 32.2. The molecule has 0 bridgehead atoms. The number of hydrogen-bond donors (Lipinski definition) is 3. The molecule has 1 amide bonds. The minimum atomic E-state index is -4.65. The van der Waals surface area contributed by atoms with E-state index >= 15 is 0 Å². The van der Waals surface area contributed by atoms with Gasteiger partial charge >= 0.3 is 6.18 Å². The fraction of sp³-hybridized carbons (Fsp3) is 0.130. The first kappa shape index (κ1) is 24.1. The van der Waals surface area contributed by atoms with Crippen LogP contribution in [0, 0.1) is 0 Å². The zero-order chi connectivity index (χ0) is 25.2. The van der Waals surface area contributed by atoms with E-state index in [2.05, 4.69) is 20.0 Å². The Hall–Kier alpha value is -4.06. The Morgan fingerprint density at radius 2 is 1.83 bits per heavy atom. The lowest BCUT2D eigenvalue weighted by molar-refractivity contribution is -0.137. The van der Waals surface area contributed by atoms with E-state index in [1.54, 1.807) is 24.5 Å². The Bertz CT molecular complexity index is 1450. The number of pyridine rings is 1. The van der Waals surface area contributed by atoms with Crippen LogP contribution in [0.15, 0.2) is 71.9 Å². The molecule has 0 spiro atoms. The van der Waals surface area contributed by atoms with E-state index in [9.17, 15) is 26.4 Å². The van der Waals surface area contributed by atoms with E-state index < -0.39 is 21.8 Å². The second-order valence-electron chi connectivity index (χ2n) is 7.49. The first-order valence-corrected chi connectivity index (χ1v) is 11.6. The monoisotopic (exact) mass is 504 g/mol. The van der Waals surface area contributed by atoms with Crippen molar-refractivity contribution in [1.29, 1.82) is 0 Å². The molecule has 0 aliphatic carbocycles. The molecule has 182 valence electrons. The van der Waals surface area contributed by atoms with Crippen molar-refractivity contribution in [3.63, 3.8) is 0 Å². The largest absolute Gasteiger partial charge is 0.495 e. The molecule has 0 atom stereocenters. The van der Waals surface area contributed by atoms with Crippen LogP contribution in [0.4, 0.5) is 18.9 Å². The molecule has 0 unspecified atom stereocenters. The first-order chi connectivity index (χ1) is 16.6. The molecule has 4 aromatic rings. The number of benzene rings is 2. The summed E-state index contributed by atoms with van der Waals surface area (Å²) in [6.07, 6.45) is -1.42. The lowest BCUT2D eigenvalue weighted by atomic mass is 10.2. The van der Waals surface area contributed by atoms with Crippen LogP contribution < -0.4 is 14.8 Å². The number of anilines is 1. The van der Waals surface area contributed by atoms with Crippen LogP contribution in [0.5, 0.6) is 5.75 Å². The molecule has 2 aromatic carbocycles. The number of carbonyl (C=O) groups is 1. The fourth-order valence-electron chi connectivity index (χ4n) is 3.33. The molecular formula is C23H19F3N4O4S. The molecule has 4 rings (SSSR count). The summed E-state index contributed by atoms with van der Waals surface area (Å²) in [5.41, 5.74) is 0.378. The molecule has 8 nitrogen and oxygen atoms in total. The highest BCUT2D eigenvalue weighted by Gasteiger charge is 2.31. The Morgan fingerprint density at radius 3 is 2.49 bits per heavy atom. The Labute approximate surface area is 198 Å². The van der Waals surface area contributed by atoms with Gasteiger partial charge in [0.25, 0.3) is 15.9 Å². The van der Waals surface area contributed by atoms with Gasteiger partial charge < -0.3 is 15.0 Å². The van der Waals surface area contributed by atoms with Gasteiger partial charge in [0.1, 0.15) is 11.4 Å². The molecule has 0 aliphatic rings. The molecule has 0 saturated heterocycles. The standard InChI is InChI=1S/C23H19F3N4O4S/c1-34-21-7-4-16(23(24,25)26)11-19(21)30-35(32,33)17-5-2-14(3-6-17)12-28-22(31)20-10-15-13-27-9-8-18(15)29-20/h2-11,13,29-30H,12H2,1H3,(H,28,31). The van der Waals surface area contributed by atoms with E-state index in [0.717, 1.165) is 23.0 Å². The molecule has 0 saturated carbocycles. The summed E-state index contributed by atoms with van der Waals surface area (Å²) in [5.74, 6) is -0.412. The number of methoxy groups -OCH3 is 1. The van der Waals surface area contributed by atoms with Gasteiger partial charge in [-0.15, -0.1) is 0 Å². The van der Waals surface area contributed by atoms with Crippen molar-refractivity contribution in [3.05, 3.63) is 83.8 Å². The van der Waals surface area contributed by atoms with Crippen molar-refractivity contribution in [2.24, 2.45) is 0 Å². The van der Waals surface area contributed by atoms with E-state index in [1.807, 2.05) is 0 Å². The van der Waals surface area contributed by atoms with Crippen LogP contribution in [0.25, 0.3) is 10.9 Å². The van der Waals surface area contributed by atoms with Gasteiger partial charge in [-0.25, -0.2) is 8.42 Å². The van der Waals surface area contributed by atoms with Crippen molar-refractivity contribution in [1.82, 2.24) is 15.3 Å². The zero-order valence-corrected chi connectivity index (χ0v) is 19.0. The Balaban J connectivity index is 1.45. The first-order valence-electron chi connectivity index (χ1n) is 10.1.